The van der Waals surface area contributed by atoms with Crippen molar-refractivity contribution in [3.05, 3.63) is 96.3 Å². The van der Waals surface area contributed by atoms with Crippen molar-refractivity contribution in [1.82, 2.24) is 20.5 Å². The third-order valence-corrected chi connectivity index (χ3v) is 6.34. The highest BCUT2D eigenvalue weighted by atomic mass is 19.4. The average molecular weight is 625 g/mol. The van der Waals surface area contributed by atoms with Crippen molar-refractivity contribution in [3.8, 4) is 0 Å². The van der Waals surface area contributed by atoms with Gasteiger partial charge in [-0.25, -0.2) is 19.4 Å². The summed E-state index contributed by atoms with van der Waals surface area (Å²) < 4.78 is 31.7. The number of anilines is 1. The lowest BCUT2D eigenvalue weighted by atomic mass is 9.81. The molecule has 0 fully saturated rings. The van der Waals surface area contributed by atoms with Crippen molar-refractivity contribution in [3.63, 3.8) is 0 Å². The summed E-state index contributed by atoms with van der Waals surface area (Å²) in [7, 11) is 0. The second-order valence-corrected chi connectivity index (χ2v) is 9.36. The van der Waals surface area contributed by atoms with Gasteiger partial charge in [-0.2, -0.15) is 23.3 Å². The predicted molar refractivity (Wildman–Crippen MR) is 157 cm³/mol. The Bertz CT molecular complexity index is 1670. The highest BCUT2D eigenvalue weighted by Gasteiger charge is 2.48. The number of nitrogens with zero attached hydrogens (tertiary/aromatic N) is 3. The zero-order valence-corrected chi connectivity index (χ0v) is 23.4. The number of pyridine rings is 1. The van der Waals surface area contributed by atoms with Gasteiger partial charge in [0.05, 0.1) is 11.7 Å². The lowest BCUT2D eigenvalue weighted by Gasteiger charge is -2.33. The van der Waals surface area contributed by atoms with Crippen molar-refractivity contribution in [2.75, 3.05) is 11.9 Å². The van der Waals surface area contributed by atoms with Gasteiger partial charge in [-0.1, -0.05) is 42.5 Å². The molecule has 0 spiro atoms. The van der Waals surface area contributed by atoms with Crippen molar-refractivity contribution in [2.45, 2.75) is 30.6 Å². The highest BCUT2D eigenvalue weighted by molar-refractivity contribution is 5.96. The number of H-pyrrole nitrogens is 1. The molecule has 0 bridgehead atoms. The van der Waals surface area contributed by atoms with Gasteiger partial charge in [0.25, 0.3) is 0 Å². The van der Waals surface area contributed by atoms with Gasteiger partial charge in [-0.15, -0.1) is 0 Å². The van der Waals surface area contributed by atoms with Gasteiger partial charge >= 0.3 is 18.1 Å². The number of carbonyl (C=O) groups excluding carboxylic acids is 2. The topological polar surface area (TPSA) is 187 Å². The average Bonchev–Trinajstić information content (AvgIpc) is 3.49. The molecular formula is C30H27F3N6O6. The molecule has 2 atom stereocenters. The molecule has 234 valence electrons. The molecule has 4 rings (SSSR count). The van der Waals surface area contributed by atoms with Crippen molar-refractivity contribution in [2.24, 2.45) is 4.99 Å². The quantitative estimate of drug-likeness (QED) is 0.0654. The fraction of sp³-hybridized carbons (Fsp3) is 0.200. The van der Waals surface area contributed by atoms with E-state index in [0.29, 0.717) is 24.3 Å². The van der Waals surface area contributed by atoms with Crippen LogP contribution in [0.1, 0.15) is 29.9 Å². The van der Waals surface area contributed by atoms with Crippen LogP contribution < -0.4 is 10.6 Å². The van der Waals surface area contributed by atoms with Gasteiger partial charge in [0, 0.05) is 30.1 Å². The summed E-state index contributed by atoms with van der Waals surface area (Å²) >= 11 is 0. The van der Waals surface area contributed by atoms with Gasteiger partial charge < -0.3 is 20.8 Å². The van der Waals surface area contributed by atoms with E-state index in [1.807, 2.05) is 30.3 Å². The Balaban J connectivity index is 0.000000707. The number of benzene rings is 2. The van der Waals surface area contributed by atoms with Gasteiger partial charge in [0.15, 0.2) is 0 Å². The number of isocyanates is 1. The first-order valence-electron chi connectivity index (χ1n) is 13.2. The Hall–Kier alpha value is -5.82. The summed E-state index contributed by atoms with van der Waals surface area (Å²) in [4.78, 5) is 54.1. The number of nitrogens with one attached hydrogen (secondary N) is 3. The predicted octanol–water partition coefficient (Wildman–Crippen LogP) is 4.51. The van der Waals surface area contributed by atoms with Crippen LogP contribution in [-0.2, 0) is 19.2 Å². The van der Waals surface area contributed by atoms with Crippen LogP contribution in [0.5, 0.6) is 0 Å². The Morgan fingerprint density at radius 1 is 1.02 bits per heavy atom. The Morgan fingerprint density at radius 2 is 1.73 bits per heavy atom. The maximum atomic E-state index is 12.9. The third kappa shape index (κ3) is 9.59. The number of aromatic amines is 1. The first-order chi connectivity index (χ1) is 21.5. The summed E-state index contributed by atoms with van der Waals surface area (Å²) in [5.41, 5.74) is -0.197. The maximum absolute atomic E-state index is 12.9. The number of rotatable bonds is 12. The number of aliphatic imine (C=N–C) groups is 1. The fourth-order valence-corrected chi connectivity index (χ4v) is 4.27. The summed E-state index contributed by atoms with van der Waals surface area (Å²) in [6.45, 7) is 0.476. The number of aromatic nitrogens is 3. The lowest BCUT2D eigenvalue weighted by molar-refractivity contribution is -0.192. The largest absolute Gasteiger partial charge is 0.490 e. The number of amides is 1. The number of halogens is 3. The van der Waals surface area contributed by atoms with Crippen molar-refractivity contribution in [1.29, 1.82) is 0 Å². The summed E-state index contributed by atoms with van der Waals surface area (Å²) in [5.74, 6) is -5.17. The fourth-order valence-electron chi connectivity index (χ4n) is 4.27. The monoisotopic (exact) mass is 624 g/mol. The van der Waals surface area contributed by atoms with E-state index in [1.165, 1.54) is 12.2 Å². The van der Waals surface area contributed by atoms with E-state index in [0.717, 1.165) is 16.5 Å². The van der Waals surface area contributed by atoms with E-state index >= 15 is 0 Å². The molecule has 0 saturated carbocycles. The summed E-state index contributed by atoms with van der Waals surface area (Å²) in [6.07, 6.45) is 3.10. The second kappa shape index (κ2) is 15.6. The van der Waals surface area contributed by atoms with Crippen LogP contribution in [0, 0.1) is 0 Å². The summed E-state index contributed by atoms with van der Waals surface area (Å²) in [6, 6.07) is 19.8. The van der Waals surface area contributed by atoms with Crippen molar-refractivity contribution >= 4 is 46.7 Å². The summed E-state index contributed by atoms with van der Waals surface area (Å²) in [5, 5.41) is 30.8. The van der Waals surface area contributed by atoms with E-state index in [9.17, 15) is 32.7 Å². The molecule has 4 aromatic rings. The van der Waals surface area contributed by atoms with Crippen LogP contribution in [0.15, 0.2) is 90.2 Å². The zero-order valence-electron chi connectivity index (χ0n) is 23.4. The first kappa shape index (κ1) is 33.7. The normalized spacial score (nSPS) is 13.0. The first-order valence-corrected chi connectivity index (χ1v) is 13.2. The second-order valence-electron chi connectivity index (χ2n) is 9.36. The molecule has 0 aliphatic carbocycles. The molecule has 2 heterocycles. The molecule has 0 radical (unpaired) electrons. The van der Waals surface area contributed by atoms with Gasteiger partial charge in [0.1, 0.15) is 5.82 Å². The number of fused-ring (bicyclic) bond motifs is 1. The zero-order chi connectivity index (χ0) is 32.9. The van der Waals surface area contributed by atoms with E-state index < -0.39 is 35.6 Å². The van der Waals surface area contributed by atoms with Crippen LogP contribution >= 0.6 is 0 Å². The van der Waals surface area contributed by atoms with Crippen LogP contribution in [0.4, 0.5) is 19.0 Å². The molecule has 2 aromatic heterocycles. The molecule has 0 aliphatic heterocycles. The highest BCUT2D eigenvalue weighted by Crippen LogP contribution is 2.36. The molecule has 12 nitrogen and oxygen atoms in total. The Kier molecular flexibility index (Phi) is 11.7. The number of alkyl halides is 3. The molecular weight excluding hydrogens is 597 g/mol. The van der Waals surface area contributed by atoms with Crippen molar-refractivity contribution < 1.29 is 42.6 Å². The third-order valence-electron chi connectivity index (χ3n) is 6.34. The molecule has 5 N–H and O–H groups in total. The van der Waals surface area contributed by atoms with E-state index in [-0.39, 0.29) is 6.42 Å². The number of hydrogen-bond donors (Lipinski definition) is 5. The Labute approximate surface area is 253 Å². The minimum atomic E-state index is -5.08. The van der Waals surface area contributed by atoms with Crippen LogP contribution in [-0.4, -0.2) is 67.7 Å². The molecule has 0 aliphatic rings. The Morgan fingerprint density at radius 3 is 2.36 bits per heavy atom. The van der Waals surface area contributed by atoms with E-state index in [4.69, 9.17) is 9.90 Å². The van der Waals surface area contributed by atoms with Crippen LogP contribution in [0.2, 0.25) is 0 Å². The number of hydrogen-bond acceptors (Lipinski definition) is 8. The van der Waals surface area contributed by atoms with Crippen LogP contribution in [0.3, 0.4) is 0 Å². The molecule has 1 amide bonds. The molecule has 0 saturated heterocycles. The molecule has 45 heavy (non-hydrogen) atoms. The van der Waals surface area contributed by atoms with Gasteiger partial charge in [-0.3, -0.25) is 9.89 Å². The molecule has 1 unspecified atom stereocenters. The number of aliphatic carboxylic acids is 2. The minimum absolute atomic E-state index is 0.267. The molecule has 2 aromatic carbocycles. The van der Waals surface area contributed by atoms with Gasteiger partial charge in [0.2, 0.25) is 17.6 Å². The van der Waals surface area contributed by atoms with Crippen LogP contribution in [0.25, 0.3) is 17.0 Å². The van der Waals surface area contributed by atoms with E-state index in [2.05, 4.69) is 30.8 Å². The molecule has 15 heteroatoms. The SMILES string of the molecule is O=C(O)C(F)(F)F.O=C=N[C@](NC(=O)C=Cc1ccccc1)(C(=O)O)C(CCCNc1ccccn1)c1ccc2[nH]ncc2c1. The maximum Gasteiger partial charge on any atom is 0.490 e. The number of carboxylic acids is 2. The number of carboxylic acid groups (broad SMARTS) is 2. The minimum Gasteiger partial charge on any atom is -0.478 e. The van der Waals surface area contributed by atoms with Gasteiger partial charge in [-0.05, 0) is 54.3 Å². The standard InChI is InChI=1S/C28H26N6O4.C2HF3O2/c35-19-31-28(27(37)38,33-26(36)14-11-20-7-2-1-3-8-20)23(9-6-16-30-25-10-4-5-15-29-25)21-12-13-24-22(17-21)18-32-34-24;3-2(4,5)1(6)7/h1-5,7-8,10-15,17-18,23H,6,9,16H2,(H,29,30)(H,32,34)(H,33,36)(H,37,38);(H,6,7)/t23?,28-;/m1./s1. The lowest BCUT2D eigenvalue weighted by Crippen LogP contribution is -2.57. The number of carbonyl (C=O) groups is 3. The smallest absolute Gasteiger partial charge is 0.478 e. The van der Waals surface area contributed by atoms with E-state index in [1.54, 1.807) is 54.9 Å².